The number of fused-ring (bicyclic) bond motifs is 1. The van der Waals surface area contributed by atoms with E-state index in [0.29, 0.717) is 10.6 Å². The third-order valence-electron chi connectivity index (χ3n) is 7.07. The topological polar surface area (TPSA) is 95.0 Å². The second-order valence-electron chi connectivity index (χ2n) is 9.73. The van der Waals surface area contributed by atoms with Crippen molar-refractivity contribution in [1.29, 1.82) is 0 Å². The van der Waals surface area contributed by atoms with E-state index in [1.54, 1.807) is 0 Å². The van der Waals surface area contributed by atoms with Gasteiger partial charge in [0.15, 0.2) is 12.1 Å². The minimum Gasteiger partial charge on any atom is -0.465 e. The molecule has 3 atom stereocenters. The summed E-state index contributed by atoms with van der Waals surface area (Å²) in [7, 11) is 1.02. The first kappa shape index (κ1) is 25.7. The molecule has 2 N–H and O–H groups in total. The highest BCUT2D eigenvalue weighted by Gasteiger charge is 2.48. The van der Waals surface area contributed by atoms with Crippen LogP contribution in [-0.2, 0) is 21.4 Å². The Hall–Kier alpha value is -3.34. The van der Waals surface area contributed by atoms with Gasteiger partial charge in [-0.25, -0.2) is 4.79 Å². The molecule has 2 aromatic rings. The first-order valence-electron chi connectivity index (χ1n) is 11.6. The molecule has 1 aliphatic heterocycles. The van der Waals surface area contributed by atoms with Gasteiger partial charge in [0.1, 0.15) is 0 Å². The summed E-state index contributed by atoms with van der Waals surface area (Å²) in [6.45, 7) is 3.88. The SMILES string of the molecule is CN(C(=O)[C@@H]1CN(C(=O)O)CCO1)[C@@H](c1ccc(N[C@H]2Cc3ccccc3C2(C)C)cn1)C(F)(F)F. The molecule has 0 saturated carbocycles. The Morgan fingerprint density at radius 3 is 2.58 bits per heavy atom. The predicted molar refractivity (Wildman–Crippen MR) is 126 cm³/mol. The molecule has 1 aromatic heterocycles. The van der Waals surface area contributed by atoms with Crippen molar-refractivity contribution in [2.45, 2.75) is 50.0 Å². The number of ether oxygens (including phenoxy) is 1. The minimum atomic E-state index is -4.80. The average Bonchev–Trinajstić information content (AvgIpc) is 3.08. The quantitative estimate of drug-likeness (QED) is 0.640. The number of rotatable bonds is 5. The molecule has 1 aromatic carbocycles. The zero-order valence-corrected chi connectivity index (χ0v) is 20.2. The van der Waals surface area contributed by atoms with Crippen molar-refractivity contribution in [3.63, 3.8) is 0 Å². The van der Waals surface area contributed by atoms with Crippen LogP contribution in [0.15, 0.2) is 42.6 Å². The zero-order valence-electron chi connectivity index (χ0n) is 20.2. The van der Waals surface area contributed by atoms with Crippen LogP contribution in [0.2, 0.25) is 0 Å². The number of carbonyl (C=O) groups excluding carboxylic acids is 1. The lowest BCUT2D eigenvalue weighted by molar-refractivity contribution is -0.195. The second-order valence-corrected chi connectivity index (χ2v) is 9.73. The van der Waals surface area contributed by atoms with E-state index in [0.717, 1.165) is 18.4 Å². The van der Waals surface area contributed by atoms with Crippen molar-refractivity contribution in [2.75, 3.05) is 32.1 Å². The second kappa shape index (κ2) is 9.61. The Labute approximate surface area is 207 Å². The van der Waals surface area contributed by atoms with Crippen LogP contribution in [0.1, 0.15) is 36.7 Å². The number of likely N-dealkylation sites (N-methyl/N-ethyl adjacent to an activating group) is 1. The van der Waals surface area contributed by atoms with Crippen LogP contribution < -0.4 is 5.32 Å². The molecule has 1 fully saturated rings. The molecule has 1 aliphatic carbocycles. The van der Waals surface area contributed by atoms with Gasteiger partial charge in [0, 0.05) is 25.0 Å². The summed E-state index contributed by atoms with van der Waals surface area (Å²) >= 11 is 0. The third-order valence-corrected chi connectivity index (χ3v) is 7.07. The molecule has 1 saturated heterocycles. The minimum absolute atomic E-state index is 0.0332. The number of alkyl halides is 3. The Balaban J connectivity index is 1.50. The van der Waals surface area contributed by atoms with Gasteiger partial charge in [0.25, 0.3) is 5.91 Å². The molecular formula is C25H29F3N4O4. The Bertz CT molecular complexity index is 1120. The maximum Gasteiger partial charge on any atom is 0.414 e. The number of aromatic nitrogens is 1. The maximum atomic E-state index is 14.1. The number of hydrogen-bond donors (Lipinski definition) is 2. The first-order valence-corrected chi connectivity index (χ1v) is 11.6. The van der Waals surface area contributed by atoms with Crippen molar-refractivity contribution in [3.8, 4) is 0 Å². The number of benzene rings is 1. The number of amides is 2. The summed E-state index contributed by atoms with van der Waals surface area (Å²) < 4.78 is 47.5. The molecule has 0 spiro atoms. The molecule has 2 heterocycles. The molecule has 11 heteroatoms. The van der Waals surface area contributed by atoms with Gasteiger partial charge in [0.05, 0.1) is 30.7 Å². The van der Waals surface area contributed by atoms with E-state index in [-0.39, 0.29) is 36.8 Å². The lowest BCUT2D eigenvalue weighted by Crippen LogP contribution is -2.53. The first-order chi connectivity index (χ1) is 16.9. The number of carboxylic acid groups (broad SMARTS) is 1. The van der Waals surface area contributed by atoms with Gasteiger partial charge in [-0.3, -0.25) is 9.78 Å². The molecule has 0 unspecified atom stereocenters. The van der Waals surface area contributed by atoms with Gasteiger partial charge >= 0.3 is 12.3 Å². The number of pyridine rings is 1. The molecule has 0 bridgehead atoms. The standard InChI is InChI=1S/C25H29F3N4O4/c1-24(2)17-7-5-4-6-15(17)12-20(24)30-16-8-9-18(29-13-16)21(25(26,27)28)31(3)22(33)19-14-32(23(34)35)10-11-36-19/h4-9,13,19-21,30H,10-12,14H2,1-3H3,(H,34,35)/t19-,20-,21-/m0/s1. The van der Waals surface area contributed by atoms with E-state index >= 15 is 0 Å². The molecule has 194 valence electrons. The zero-order chi connectivity index (χ0) is 26.3. The number of anilines is 1. The van der Waals surface area contributed by atoms with Crippen molar-refractivity contribution < 1.29 is 32.6 Å². The fourth-order valence-electron chi connectivity index (χ4n) is 4.99. The Kier molecular flexibility index (Phi) is 6.87. The van der Waals surface area contributed by atoms with Crippen molar-refractivity contribution in [2.24, 2.45) is 0 Å². The van der Waals surface area contributed by atoms with Gasteiger partial charge in [-0.2, -0.15) is 13.2 Å². The van der Waals surface area contributed by atoms with Gasteiger partial charge in [-0.05, 0) is 29.7 Å². The van der Waals surface area contributed by atoms with Crippen molar-refractivity contribution in [1.82, 2.24) is 14.8 Å². The molecule has 8 nitrogen and oxygen atoms in total. The van der Waals surface area contributed by atoms with Crippen molar-refractivity contribution >= 4 is 17.7 Å². The van der Waals surface area contributed by atoms with Crippen molar-refractivity contribution in [3.05, 3.63) is 59.4 Å². The predicted octanol–water partition coefficient (Wildman–Crippen LogP) is 3.84. The number of morpholine rings is 1. The summed E-state index contributed by atoms with van der Waals surface area (Å²) in [5.74, 6) is -0.960. The summed E-state index contributed by atoms with van der Waals surface area (Å²) in [4.78, 5) is 29.6. The molecule has 4 rings (SSSR count). The lowest BCUT2D eigenvalue weighted by atomic mass is 9.83. The van der Waals surface area contributed by atoms with Crippen LogP contribution >= 0.6 is 0 Å². The molecule has 2 amide bonds. The Morgan fingerprint density at radius 1 is 1.25 bits per heavy atom. The van der Waals surface area contributed by atoms with Crippen LogP contribution in [0.25, 0.3) is 0 Å². The number of hydrogen-bond acceptors (Lipinski definition) is 5. The summed E-state index contributed by atoms with van der Waals surface area (Å²) in [5.41, 5.74) is 2.51. The summed E-state index contributed by atoms with van der Waals surface area (Å²) in [5, 5.41) is 12.6. The monoisotopic (exact) mass is 506 g/mol. The van der Waals surface area contributed by atoms with E-state index < -0.39 is 30.3 Å². The highest BCUT2D eigenvalue weighted by molar-refractivity contribution is 5.82. The summed E-state index contributed by atoms with van der Waals surface area (Å²) in [6, 6.07) is 8.65. The lowest BCUT2D eigenvalue weighted by Gasteiger charge is -2.35. The average molecular weight is 507 g/mol. The largest absolute Gasteiger partial charge is 0.465 e. The van der Waals surface area contributed by atoms with Gasteiger partial charge in [-0.15, -0.1) is 0 Å². The Morgan fingerprint density at radius 2 is 1.97 bits per heavy atom. The van der Waals surface area contributed by atoms with Gasteiger partial charge in [0.2, 0.25) is 0 Å². The van der Waals surface area contributed by atoms with Crippen LogP contribution in [0.4, 0.5) is 23.7 Å². The van der Waals surface area contributed by atoms with E-state index in [2.05, 4.69) is 36.3 Å². The number of nitrogens with zero attached hydrogens (tertiary/aromatic N) is 3. The fourth-order valence-corrected chi connectivity index (χ4v) is 4.99. The van der Waals surface area contributed by atoms with Crippen LogP contribution in [0.5, 0.6) is 0 Å². The van der Waals surface area contributed by atoms with Crippen LogP contribution in [0, 0.1) is 0 Å². The fraction of sp³-hybridized carbons (Fsp3) is 0.480. The van der Waals surface area contributed by atoms with Gasteiger partial charge < -0.3 is 25.0 Å². The van der Waals surface area contributed by atoms with E-state index in [4.69, 9.17) is 9.84 Å². The molecular weight excluding hydrogens is 477 g/mol. The summed E-state index contributed by atoms with van der Waals surface area (Å²) in [6.07, 6.45) is -5.26. The van der Waals surface area contributed by atoms with Crippen LogP contribution in [0.3, 0.4) is 0 Å². The van der Waals surface area contributed by atoms with E-state index in [1.165, 1.54) is 29.5 Å². The van der Waals surface area contributed by atoms with Crippen LogP contribution in [-0.4, -0.2) is 77.0 Å². The molecule has 36 heavy (non-hydrogen) atoms. The highest BCUT2D eigenvalue weighted by Crippen LogP contribution is 2.40. The third kappa shape index (κ3) is 4.97. The highest BCUT2D eigenvalue weighted by atomic mass is 19.4. The molecule has 2 aliphatic rings. The molecule has 0 radical (unpaired) electrons. The number of nitrogens with one attached hydrogen (secondary N) is 1. The van der Waals surface area contributed by atoms with E-state index in [9.17, 15) is 22.8 Å². The number of carbonyl (C=O) groups is 2. The number of halogens is 3. The normalized spacial score (nSPS) is 22.0. The van der Waals surface area contributed by atoms with Gasteiger partial charge in [-0.1, -0.05) is 38.1 Å². The van der Waals surface area contributed by atoms with E-state index in [1.807, 2.05) is 12.1 Å². The smallest absolute Gasteiger partial charge is 0.414 e. The maximum absolute atomic E-state index is 14.1.